The molecule has 0 bridgehead atoms. The van der Waals surface area contributed by atoms with Crippen molar-refractivity contribution >= 4 is 17.3 Å². The van der Waals surface area contributed by atoms with Crippen LogP contribution >= 0.6 is 0 Å². The average Bonchev–Trinajstić information content (AvgIpc) is 2.26. The van der Waals surface area contributed by atoms with Gasteiger partial charge >= 0.3 is 0 Å². The van der Waals surface area contributed by atoms with E-state index in [0.29, 0.717) is 18.4 Å². The first kappa shape index (κ1) is 12.4. The van der Waals surface area contributed by atoms with Crippen LogP contribution in [0.2, 0.25) is 0 Å². The molecule has 0 aliphatic carbocycles. The summed E-state index contributed by atoms with van der Waals surface area (Å²) in [5.74, 6) is 0.0822. The van der Waals surface area contributed by atoms with Gasteiger partial charge in [-0.3, -0.25) is 4.79 Å². The number of ketones is 2. The third kappa shape index (κ3) is 3.50. The molecule has 1 aromatic carbocycles. The number of rotatable bonds is 5. The Kier molecular flexibility index (Phi) is 4.23. The molecule has 0 aromatic heterocycles. The first-order chi connectivity index (χ1) is 7.50. The molecule has 0 amide bonds. The maximum absolute atomic E-state index is 11.7. The monoisotopic (exact) mass is 219 g/mol. The normalized spacial score (nSPS) is 9.94. The number of benzene rings is 1. The van der Waals surface area contributed by atoms with Crippen molar-refractivity contribution in [2.24, 2.45) is 0 Å². The third-order valence-electron chi connectivity index (χ3n) is 2.41. The lowest BCUT2D eigenvalue weighted by Gasteiger charge is -2.12. The van der Waals surface area contributed by atoms with E-state index in [4.69, 9.17) is 0 Å². The molecule has 16 heavy (non-hydrogen) atoms. The third-order valence-corrected chi connectivity index (χ3v) is 2.41. The Labute approximate surface area is 96.1 Å². The highest BCUT2D eigenvalue weighted by Crippen LogP contribution is 2.14. The quantitative estimate of drug-likeness (QED) is 0.713. The van der Waals surface area contributed by atoms with Crippen molar-refractivity contribution in [3.05, 3.63) is 29.8 Å². The van der Waals surface area contributed by atoms with Gasteiger partial charge in [0.2, 0.25) is 0 Å². The molecular formula is C13H17NO2. The predicted octanol–water partition coefficient (Wildman–Crippen LogP) is 2.30. The molecule has 0 saturated heterocycles. The van der Waals surface area contributed by atoms with Gasteiger partial charge in [-0.05, 0) is 31.2 Å². The second-order valence-corrected chi connectivity index (χ2v) is 4.07. The standard InChI is InChI=1S/C13H17NO2/c1-10(15)4-9-13(16)11-5-7-12(8-6-11)14(2)3/h5-8H,4,9H2,1-3H3. The summed E-state index contributed by atoms with van der Waals surface area (Å²) in [6.45, 7) is 1.50. The van der Waals surface area contributed by atoms with Crippen molar-refractivity contribution in [2.75, 3.05) is 19.0 Å². The van der Waals surface area contributed by atoms with Crippen LogP contribution in [0.25, 0.3) is 0 Å². The van der Waals surface area contributed by atoms with E-state index < -0.39 is 0 Å². The van der Waals surface area contributed by atoms with Crippen LogP contribution in [0.4, 0.5) is 5.69 Å². The lowest BCUT2D eigenvalue weighted by Crippen LogP contribution is -2.09. The second-order valence-electron chi connectivity index (χ2n) is 4.07. The van der Waals surface area contributed by atoms with Gasteiger partial charge in [0.05, 0.1) is 0 Å². The van der Waals surface area contributed by atoms with E-state index in [-0.39, 0.29) is 11.6 Å². The van der Waals surface area contributed by atoms with Crippen LogP contribution in [0.15, 0.2) is 24.3 Å². The number of hydrogen-bond acceptors (Lipinski definition) is 3. The number of hydrogen-bond donors (Lipinski definition) is 0. The highest BCUT2D eigenvalue weighted by atomic mass is 16.1. The summed E-state index contributed by atoms with van der Waals surface area (Å²) in [5.41, 5.74) is 1.73. The van der Waals surface area contributed by atoms with Crippen LogP contribution < -0.4 is 4.90 Å². The molecule has 86 valence electrons. The van der Waals surface area contributed by atoms with E-state index in [2.05, 4.69) is 0 Å². The minimum absolute atomic E-state index is 0.0282. The molecule has 1 rings (SSSR count). The molecule has 0 unspecified atom stereocenters. The van der Waals surface area contributed by atoms with Crippen LogP contribution in [-0.4, -0.2) is 25.7 Å². The number of carbonyl (C=O) groups excluding carboxylic acids is 2. The molecule has 0 heterocycles. The molecule has 0 radical (unpaired) electrons. The lowest BCUT2D eigenvalue weighted by atomic mass is 10.1. The van der Waals surface area contributed by atoms with E-state index in [1.54, 1.807) is 12.1 Å². The molecule has 0 spiro atoms. The Morgan fingerprint density at radius 3 is 2.06 bits per heavy atom. The van der Waals surface area contributed by atoms with Crippen molar-refractivity contribution in [1.82, 2.24) is 0 Å². The van der Waals surface area contributed by atoms with Gasteiger partial charge in [-0.1, -0.05) is 0 Å². The largest absolute Gasteiger partial charge is 0.378 e. The minimum Gasteiger partial charge on any atom is -0.378 e. The van der Waals surface area contributed by atoms with Gasteiger partial charge in [0.25, 0.3) is 0 Å². The Bertz CT molecular complexity index is 379. The van der Waals surface area contributed by atoms with Crippen LogP contribution in [0.3, 0.4) is 0 Å². The van der Waals surface area contributed by atoms with Crippen LogP contribution in [-0.2, 0) is 4.79 Å². The zero-order valence-electron chi connectivity index (χ0n) is 9.99. The van der Waals surface area contributed by atoms with E-state index in [9.17, 15) is 9.59 Å². The summed E-state index contributed by atoms with van der Waals surface area (Å²) >= 11 is 0. The van der Waals surface area contributed by atoms with Gasteiger partial charge < -0.3 is 9.69 Å². The number of Topliss-reactive ketones (excluding diaryl/α,β-unsaturated/α-hetero) is 2. The van der Waals surface area contributed by atoms with Crippen molar-refractivity contribution in [1.29, 1.82) is 0 Å². The highest BCUT2D eigenvalue weighted by Gasteiger charge is 2.07. The van der Waals surface area contributed by atoms with Crippen molar-refractivity contribution in [3.63, 3.8) is 0 Å². The van der Waals surface area contributed by atoms with Crippen molar-refractivity contribution in [2.45, 2.75) is 19.8 Å². The first-order valence-electron chi connectivity index (χ1n) is 5.30. The number of anilines is 1. The van der Waals surface area contributed by atoms with Gasteiger partial charge in [-0.25, -0.2) is 0 Å². The van der Waals surface area contributed by atoms with Gasteiger partial charge in [0, 0.05) is 38.2 Å². The SMILES string of the molecule is CC(=O)CCC(=O)c1ccc(N(C)C)cc1. The fraction of sp³-hybridized carbons (Fsp3) is 0.385. The number of carbonyl (C=O) groups is 2. The first-order valence-corrected chi connectivity index (χ1v) is 5.30. The summed E-state index contributed by atoms with van der Waals surface area (Å²) in [5, 5.41) is 0. The highest BCUT2D eigenvalue weighted by molar-refractivity contribution is 5.98. The molecule has 0 aliphatic rings. The van der Waals surface area contributed by atoms with Gasteiger partial charge in [0.15, 0.2) is 5.78 Å². The van der Waals surface area contributed by atoms with E-state index >= 15 is 0 Å². The van der Waals surface area contributed by atoms with Crippen molar-refractivity contribution < 1.29 is 9.59 Å². The molecule has 0 fully saturated rings. The van der Waals surface area contributed by atoms with Crippen LogP contribution in [0, 0.1) is 0 Å². The van der Waals surface area contributed by atoms with Gasteiger partial charge in [-0.2, -0.15) is 0 Å². The zero-order chi connectivity index (χ0) is 12.1. The van der Waals surface area contributed by atoms with Crippen LogP contribution in [0.1, 0.15) is 30.1 Å². The predicted molar refractivity (Wildman–Crippen MR) is 65.0 cm³/mol. The Morgan fingerprint density at radius 2 is 1.62 bits per heavy atom. The summed E-state index contributed by atoms with van der Waals surface area (Å²) in [4.78, 5) is 24.4. The topological polar surface area (TPSA) is 37.4 Å². The second kappa shape index (κ2) is 5.45. The molecule has 3 nitrogen and oxygen atoms in total. The Hall–Kier alpha value is -1.64. The molecule has 0 atom stereocenters. The van der Waals surface area contributed by atoms with Crippen LogP contribution in [0.5, 0.6) is 0 Å². The van der Waals surface area contributed by atoms with E-state index in [0.717, 1.165) is 5.69 Å². The van der Waals surface area contributed by atoms with E-state index in [1.807, 2.05) is 31.1 Å². The van der Waals surface area contributed by atoms with E-state index in [1.165, 1.54) is 6.92 Å². The molecule has 3 heteroatoms. The van der Waals surface area contributed by atoms with Gasteiger partial charge in [0.1, 0.15) is 5.78 Å². The molecule has 0 N–H and O–H groups in total. The smallest absolute Gasteiger partial charge is 0.163 e. The Balaban J connectivity index is 2.66. The lowest BCUT2D eigenvalue weighted by molar-refractivity contribution is -0.116. The maximum atomic E-state index is 11.7. The summed E-state index contributed by atoms with van der Waals surface area (Å²) < 4.78 is 0. The average molecular weight is 219 g/mol. The molecule has 1 aromatic rings. The minimum atomic E-state index is 0.0282. The molecule has 0 aliphatic heterocycles. The van der Waals surface area contributed by atoms with Gasteiger partial charge in [-0.15, -0.1) is 0 Å². The zero-order valence-corrected chi connectivity index (χ0v) is 9.99. The summed E-state index contributed by atoms with van der Waals surface area (Å²) in [6, 6.07) is 7.41. The maximum Gasteiger partial charge on any atom is 0.163 e. The summed E-state index contributed by atoms with van der Waals surface area (Å²) in [6.07, 6.45) is 0.630. The fourth-order valence-corrected chi connectivity index (χ4v) is 1.38. The van der Waals surface area contributed by atoms with Crippen molar-refractivity contribution in [3.8, 4) is 0 Å². The molecule has 0 saturated carbocycles. The fourth-order valence-electron chi connectivity index (χ4n) is 1.38. The molecular weight excluding hydrogens is 202 g/mol. The Morgan fingerprint density at radius 1 is 1.06 bits per heavy atom. The number of nitrogens with zero attached hydrogens (tertiary/aromatic N) is 1. The summed E-state index contributed by atoms with van der Waals surface area (Å²) in [7, 11) is 3.90.